The van der Waals surface area contributed by atoms with Crippen LogP contribution >= 0.6 is 0 Å². The Morgan fingerprint density at radius 1 is 1.23 bits per heavy atom. The first kappa shape index (κ1) is 19.5. The number of nitrogens with zero attached hydrogens (tertiary/aromatic N) is 2. The van der Waals surface area contributed by atoms with Gasteiger partial charge < -0.3 is 9.47 Å². The molecule has 0 bridgehead atoms. The topological polar surface area (TPSA) is 51.7 Å². The van der Waals surface area contributed by atoms with Crippen LogP contribution in [0.15, 0.2) is 54.2 Å². The van der Waals surface area contributed by atoms with Gasteiger partial charge in [-0.25, -0.2) is 4.79 Å². The molecule has 30 heavy (non-hydrogen) atoms. The normalized spacial score (nSPS) is 27.4. The SMILES string of the molecule is CCOC(=O)C1=C[C@@H](c2ccccn2)N2[C@@H](C1)O[C@@H]1Cc3cccc(C(C)C)c3[C@@H]12. The van der Waals surface area contributed by atoms with E-state index in [0.717, 1.165) is 12.1 Å². The summed E-state index contributed by atoms with van der Waals surface area (Å²) >= 11 is 0. The van der Waals surface area contributed by atoms with E-state index in [-0.39, 0.29) is 30.4 Å². The molecule has 1 aromatic heterocycles. The highest BCUT2D eigenvalue weighted by molar-refractivity contribution is 5.89. The quantitative estimate of drug-likeness (QED) is 0.704. The van der Waals surface area contributed by atoms with Gasteiger partial charge in [-0.2, -0.15) is 0 Å². The second-order valence-corrected chi connectivity index (χ2v) is 8.62. The van der Waals surface area contributed by atoms with Gasteiger partial charge in [0.2, 0.25) is 0 Å². The largest absolute Gasteiger partial charge is 0.463 e. The van der Waals surface area contributed by atoms with Gasteiger partial charge in [0.15, 0.2) is 0 Å². The maximum atomic E-state index is 12.6. The number of ether oxygens (including phenoxy) is 2. The number of fused-ring (bicyclic) bond motifs is 5. The van der Waals surface area contributed by atoms with Gasteiger partial charge >= 0.3 is 5.97 Å². The lowest BCUT2D eigenvalue weighted by molar-refractivity contribution is -0.139. The van der Waals surface area contributed by atoms with E-state index in [9.17, 15) is 4.79 Å². The van der Waals surface area contributed by atoms with Crippen molar-refractivity contribution in [2.24, 2.45) is 0 Å². The van der Waals surface area contributed by atoms with Gasteiger partial charge in [-0.05, 0) is 41.7 Å². The van der Waals surface area contributed by atoms with E-state index in [1.807, 2.05) is 37.4 Å². The molecule has 5 nitrogen and oxygen atoms in total. The monoisotopic (exact) mass is 404 g/mol. The van der Waals surface area contributed by atoms with Crippen LogP contribution in [-0.2, 0) is 20.7 Å². The third kappa shape index (κ3) is 3.08. The van der Waals surface area contributed by atoms with Crippen LogP contribution in [0.25, 0.3) is 0 Å². The lowest BCUT2D eigenvalue weighted by atomic mass is 9.90. The van der Waals surface area contributed by atoms with Crippen LogP contribution < -0.4 is 0 Å². The number of benzene rings is 1. The van der Waals surface area contributed by atoms with E-state index >= 15 is 0 Å². The number of hydrogen-bond donors (Lipinski definition) is 0. The number of aromatic nitrogens is 1. The molecule has 2 aliphatic heterocycles. The molecule has 0 unspecified atom stereocenters. The number of pyridine rings is 1. The highest BCUT2D eigenvalue weighted by Crippen LogP contribution is 2.53. The van der Waals surface area contributed by atoms with Crippen LogP contribution in [0.5, 0.6) is 0 Å². The third-order valence-corrected chi connectivity index (χ3v) is 6.51. The predicted molar refractivity (Wildman–Crippen MR) is 114 cm³/mol. The van der Waals surface area contributed by atoms with Gasteiger partial charge in [0.05, 0.1) is 30.5 Å². The first-order chi connectivity index (χ1) is 14.6. The molecule has 5 heteroatoms. The van der Waals surface area contributed by atoms with Crippen molar-refractivity contribution in [2.75, 3.05) is 6.61 Å². The first-order valence-electron chi connectivity index (χ1n) is 10.9. The molecule has 3 heterocycles. The Morgan fingerprint density at radius 2 is 2.10 bits per heavy atom. The molecule has 4 atom stereocenters. The Balaban J connectivity index is 1.61. The van der Waals surface area contributed by atoms with E-state index in [4.69, 9.17) is 9.47 Å². The van der Waals surface area contributed by atoms with Crippen molar-refractivity contribution in [3.8, 4) is 0 Å². The Morgan fingerprint density at radius 3 is 2.83 bits per heavy atom. The zero-order valence-electron chi connectivity index (χ0n) is 17.7. The highest BCUT2D eigenvalue weighted by Gasteiger charge is 2.53. The Hall–Kier alpha value is -2.50. The summed E-state index contributed by atoms with van der Waals surface area (Å²) in [7, 11) is 0. The van der Waals surface area contributed by atoms with E-state index in [2.05, 4.69) is 41.9 Å². The molecule has 1 saturated heterocycles. The van der Waals surface area contributed by atoms with Crippen molar-refractivity contribution < 1.29 is 14.3 Å². The molecule has 0 spiro atoms. The van der Waals surface area contributed by atoms with Gasteiger partial charge in [-0.3, -0.25) is 9.88 Å². The van der Waals surface area contributed by atoms with Crippen molar-refractivity contribution in [1.82, 2.24) is 9.88 Å². The number of esters is 1. The second-order valence-electron chi connectivity index (χ2n) is 8.62. The summed E-state index contributed by atoms with van der Waals surface area (Å²) in [5, 5.41) is 0. The summed E-state index contributed by atoms with van der Waals surface area (Å²) in [5.74, 6) is 0.198. The third-order valence-electron chi connectivity index (χ3n) is 6.51. The molecule has 3 aliphatic rings. The van der Waals surface area contributed by atoms with E-state index in [1.165, 1.54) is 16.7 Å². The maximum absolute atomic E-state index is 12.6. The van der Waals surface area contributed by atoms with E-state index < -0.39 is 0 Å². The summed E-state index contributed by atoms with van der Waals surface area (Å²) in [6, 6.07) is 12.7. The fourth-order valence-electron chi connectivity index (χ4n) is 5.31. The average Bonchev–Trinajstić information content (AvgIpc) is 3.28. The molecular weight excluding hydrogens is 376 g/mol. The molecule has 156 valence electrons. The predicted octanol–water partition coefficient (Wildman–Crippen LogP) is 4.46. The van der Waals surface area contributed by atoms with E-state index in [0.29, 0.717) is 24.5 Å². The Labute approximate surface area is 177 Å². The van der Waals surface area contributed by atoms with Gasteiger partial charge in [0.1, 0.15) is 6.23 Å². The van der Waals surface area contributed by atoms with Crippen LogP contribution in [0.4, 0.5) is 0 Å². The molecule has 5 rings (SSSR count). The standard InChI is InChI=1S/C25H28N2O3/c1-4-29-25(28)17-12-20(19-10-5-6-11-26-19)27-22(14-17)30-21-13-16-8-7-9-18(15(2)3)23(16)24(21)27/h5-12,15,20-22,24H,4,13-14H2,1-3H3/t20-,21+,22+,24+/m0/s1. The molecule has 1 aromatic carbocycles. The summed E-state index contributed by atoms with van der Waals surface area (Å²) in [4.78, 5) is 19.6. The summed E-state index contributed by atoms with van der Waals surface area (Å²) in [6.45, 7) is 6.71. The molecule has 1 fully saturated rings. The van der Waals surface area contributed by atoms with E-state index in [1.54, 1.807) is 0 Å². The van der Waals surface area contributed by atoms with Crippen molar-refractivity contribution >= 4 is 5.97 Å². The summed E-state index contributed by atoms with van der Waals surface area (Å²) in [5.41, 5.74) is 5.81. The molecule has 2 aromatic rings. The van der Waals surface area contributed by atoms with Crippen LogP contribution in [-0.4, -0.2) is 34.8 Å². The lowest BCUT2D eigenvalue weighted by Gasteiger charge is -2.38. The van der Waals surface area contributed by atoms with Crippen LogP contribution in [0.3, 0.4) is 0 Å². The zero-order valence-corrected chi connectivity index (χ0v) is 17.7. The van der Waals surface area contributed by atoms with Crippen molar-refractivity contribution in [2.45, 2.75) is 63.9 Å². The molecular formula is C25H28N2O3. The minimum atomic E-state index is -0.248. The highest BCUT2D eigenvalue weighted by atomic mass is 16.5. The van der Waals surface area contributed by atoms with Gasteiger partial charge in [0, 0.05) is 24.6 Å². The first-order valence-corrected chi connectivity index (χ1v) is 10.9. The molecule has 0 N–H and O–H groups in total. The van der Waals surface area contributed by atoms with Crippen molar-refractivity contribution in [1.29, 1.82) is 0 Å². The summed E-state index contributed by atoms with van der Waals surface area (Å²) in [6.07, 6.45) is 5.27. The molecule has 1 aliphatic carbocycles. The van der Waals surface area contributed by atoms with Gasteiger partial charge in [0.25, 0.3) is 0 Å². The smallest absolute Gasteiger partial charge is 0.333 e. The fourth-order valence-corrected chi connectivity index (χ4v) is 5.31. The zero-order chi connectivity index (χ0) is 20.8. The maximum Gasteiger partial charge on any atom is 0.333 e. The average molecular weight is 405 g/mol. The summed E-state index contributed by atoms with van der Waals surface area (Å²) < 4.78 is 11.9. The van der Waals surface area contributed by atoms with Crippen molar-refractivity contribution in [3.63, 3.8) is 0 Å². The lowest BCUT2D eigenvalue weighted by Crippen LogP contribution is -2.40. The minimum Gasteiger partial charge on any atom is -0.463 e. The second kappa shape index (κ2) is 7.64. The molecule has 0 saturated carbocycles. The van der Waals surface area contributed by atoms with Crippen molar-refractivity contribution in [3.05, 3.63) is 76.6 Å². The van der Waals surface area contributed by atoms with Crippen LogP contribution in [0, 0.1) is 0 Å². The Bertz CT molecular complexity index is 985. The van der Waals surface area contributed by atoms with Crippen LogP contribution in [0.2, 0.25) is 0 Å². The molecule has 0 radical (unpaired) electrons. The Kier molecular flexibility index (Phi) is 4.95. The fraction of sp³-hybridized carbons (Fsp3) is 0.440. The number of rotatable bonds is 4. The molecule has 0 amide bonds. The van der Waals surface area contributed by atoms with Gasteiger partial charge in [-0.1, -0.05) is 44.2 Å². The minimum absolute atomic E-state index is 0.103. The van der Waals surface area contributed by atoms with Crippen LogP contribution in [0.1, 0.15) is 67.6 Å². The number of carbonyl (C=O) groups excluding carboxylic acids is 1. The van der Waals surface area contributed by atoms with Gasteiger partial charge in [-0.15, -0.1) is 0 Å². The number of carbonyl (C=O) groups is 1. The number of hydrogen-bond acceptors (Lipinski definition) is 5.